The van der Waals surface area contributed by atoms with Crippen LogP contribution < -0.4 is 0 Å². The summed E-state index contributed by atoms with van der Waals surface area (Å²) in [4.78, 5) is 11.9. The van der Waals surface area contributed by atoms with Crippen LogP contribution in [0.4, 0.5) is 0 Å². The van der Waals surface area contributed by atoms with E-state index in [1.165, 1.54) is 7.11 Å². The van der Waals surface area contributed by atoms with Crippen LogP contribution in [0, 0.1) is 0 Å². The van der Waals surface area contributed by atoms with Gasteiger partial charge in [0.1, 0.15) is 0 Å². The van der Waals surface area contributed by atoms with Crippen LogP contribution in [0.15, 0.2) is 60.7 Å². The van der Waals surface area contributed by atoms with Gasteiger partial charge in [0.15, 0.2) is 0 Å². The van der Waals surface area contributed by atoms with E-state index in [9.17, 15) is 4.79 Å². The van der Waals surface area contributed by atoms with Crippen LogP contribution in [0.25, 0.3) is 22.3 Å². The number of ether oxygens (including phenoxy) is 1. The zero-order chi connectivity index (χ0) is 18.0. The topological polar surface area (TPSA) is 26.3 Å². The molecule has 0 fully saturated rings. The van der Waals surface area contributed by atoms with Crippen molar-refractivity contribution >= 4 is 40.8 Å². The van der Waals surface area contributed by atoms with Crippen molar-refractivity contribution in [3.63, 3.8) is 0 Å². The van der Waals surface area contributed by atoms with Crippen LogP contribution in [-0.4, -0.2) is 13.1 Å². The van der Waals surface area contributed by atoms with Gasteiger partial charge in [0.05, 0.1) is 12.7 Å². The Labute approximate surface area is 160 Å². The molecular weight excluding hydrogens is 379 g/mol. The van der Waals surface area contributed by atoms with Crippen LogP contribution in [0.3, 0.4) is 0 Å². The highest BCUT2D eigenvalue weighted by atomic mass is 35.5. The maximum Gasteiger partial charge on any atom is 0.337 e. The maximum atomic E-state index is 11.9. The fourth-order valence-corrected chi connectivity index (χ4v) is 3.24. The smallest absolute Gasteiger partial charge is 0.337 e. The molecule has 0 heterocycles. The molecule has 0 bridgehead atoms. The van der Waals surface area contributed by atoms with Crippen molar-refractivity contribution in [3.05, 3.63) is 81.3 Å². The summed E-state index contributed by atoms with van der Waals surface area (Å²) in [5, 5.41) is 1.71. The van der Waals surface area contributed by atoms with Gasteiger partial charge in [0.25, 0.3) is 0 Å². The Morgan fingerprint density at radius 3 is 2.04 bits per heavy atom. The van der Waals surface area contributed by atoms with E-state index in [-0.39, 0.29) is 0 Å². The first kappa shape index (κ1) is 17.8. The molecule has 126 valence electrons. The molecular formula is C20H13Cl3O2. The number of methoxy groups -OCH3 is 1. The molecule has 3 aromatic carbocycles. The number of hydrogen-bond acceptors (Lipinski definition) is 2. The summed E-state index contributed by atoms with van der Waals surface area (Å²) in [6, 6.07) is 18.1. The van der Waals surface area contributed by atoms with E-state index in [0.717, 1.165) is 22.3 Å². The Morgan fingerprint density at radius 2 is 1.40 bits per heavy atom. The van der Waals surface area contributed by atoms with Gasteiger partial charge in [-0.15, -0.1) is 0 Å². The average Bonchev–Trinajstić information content (AvgIpc) is 2.61. The highest BCUT2D eigenvalue weighted by Gasteiger charge is 2.15. The van der Waals surface area contributed by atoms with Crippen molar-refractivity contribution in [2.45, 2.75) is 0 Å². The minimum atomic E-state index is -0.408. The molecule has 0 aromatic heterocycles. The van der Waals surface area contributed by atoms with Gasteiger partial charge in [-0.25, -0.2) is 4.79 Å². The maximum absolute atomic E-state index is 11.9. The van der Waals surface area contributed by atoms with Crippen molar-refractivity contribution < 1.29 is 9.53 Å². The van der Waals surface area contributed by atoms with Gasteiger partial charge in [0.2, 0.25) is 0 Å². The number of carbonyl (C=O) groups is 1. The second kappa shape index (κ2) is 7.49. The van der Waals surface area contributed by atoms with Crippen LogP contribution in [0.5, 0.6) is 0 Å². The summed E-state index contributed by atoms with van der Waals surface area (Å²) in [7, 11) is 1.35. The first-order valence-electron chi connectivity index (χ1n) is 7.43. The van der Waals surface area contributed by atoms with Crippen molar-refractivity contribution in [3.8, 4) is 22.3 Å². The van der Waals surface area contributed by atoms with Crippen molar-refractivity contribution in [1.29, 1.82) is 0 Å². The first-order valence-corrected chi connectivity index (χ1v) is 8.56. The highest BCUT2D eigenvalue weighted by Crippen LogP contribution is 2.38. The Kier molecular flexibility index (Phi) is 5.33. The molecule has 25 heavy (non-hydrogen) atoms. The molecule has 0 N–H and O–H groups in total. The standard InChI is InChI=1S/C20H13Cl3O2/c1-25-20(24)13-4-8-16(12-2-5-14(21)6-3-12)18(10-13)17-9-7-15(22)11-19(17)23/h2-11H,1H3. The molecule has 0 aliphatic heterocycles. The molecule has 0 unspecified atom stereocenters. The lowest BCUT2D eigenvalue weighted by atomic mass is 9.93. The lowest BCUT2D eigenvalue weighted by molar-refractivity contribution is 0.0601. The summed E-state index contributed by atoms with van der Waals surface area (Å²) in [5.41, 5.74) is 3.92. The zero-order valence-electron chi connectivity index (χ0n) is 13.2. The summed E-state index contributed by atoms with van der Waals surface area (Å²) in [5.74, 6) is -0.408. The van der Waals surface area contributed by atoms with Gasteiger partial charge < -0.3 is 4.74 Å². The molecule has 5 heteroatoms. The lowest BCUT2D eigenvalue weighted by Gasteiger charge is -2.14. The third-order valence-corrected chi connectivity index (χ3v) is 4.62. The molecule has 0 spiro atoms. The van der Waals surface area contributed by atoms with Gasteiger partial charge in [-0.2, -0.15) is 0 Å². The molecule has 0 radical (unpaired) electrons. The fraction of sp³-hybridized carbons (Fsp3) is 0.0500. The second-order valence-corrected chi connectivity index (χ2v) is 6.66. The van der Waals surface area contributed by atoms with Crippen molar-refractivity contribution in [2.75, 3.05) is 7.11 Å². The third-order valence-electron chi connectivity index (χ3n) is 3.82. The van der Waals surface area contributed by atoms with E-state index in [2.05, 4.69) is 0 Å². The summed E-state index contributed by atoms with van der Waals surface area (Å²) >= 11 is 18.4. The number of benzene rings is 3. The molecule has 3 aromatic rings. The summed E-state index contributed by atoms with van der Waals surface area (Å²) in [6.45, 7) is 0. The van der Waals surface area contributed by atoms with Crippen molar-refractivity contribution in [2.24, 2.45) is 0 Å². The van der Waals surface area contributed by atoms with E-state index in [1.807, 2.05) is 36.4 Å². The largest absolute Gasteiger partial charge is 0.465 e. The van der Waals surface area contributed by atoms with E-state index in [4.69, 9.17) is 39.5 Å². The summed E-state index contributed by atoms with van der Waals surface area (Å²) in [6.07, 6.45) is 0. The highest BCUT2D eigenvalue weighted by molar-refractivity contribution is 6.36. The Balaban J connectivity index is 2.24. The molecule has 0 saturated heterocycles. The van der Waals surface area contributed by atoms with Crippen LogP contribution in [0.2, 0.25) is 15.1 Å². The average molecular weight is 392 g/mol. The molecule has 0 atom stereocenters. The van der Waals surface area contributed by atoms with E-state index < -0.39 is 5.97 Å². The normalized spacial score (nSPS) is 10.6. The predicted octanol–water partition coefficient (Wildman–Crippen LogP) is 6.77. The summed E-state index contributed by atoms with van der Waals surface area (Å²) < 4.78 is 4.83. The predicted molar refractivity (Wildman–Crippen MR) is 104 cm³/mol. The van der Waals surface area contributed by atoms with Gasteiger partial charge in [-0.3, -0.25) is 0 Å². The van der Waals surface area contributed by atoms with E-state index in [0.29, 0.717) is 20.6 Å². The minimum absolute atomic E-state index is 0.408. The lowest BCUT2D eigenvalue weighted by Crippen LogP contribution is -2.01. The van der Waals surface area contributed by atoms with Crippen LogP contribution >= 0.6 is 34.8 Å². The van der Waals surface area contributed by atoms with Gasteiger partial charge in [-0.1, -0.05) is 59.1 Å². The number of halogens is 3. The Bertz CT molecular complexity index is 934. The monoisotopic (exact) mass is 390 g/mol. The van der Waals surface area contributed by atoms with E-state index >= 15 is 0 Å². The minimum Gasteiger partial charge on any atom is -0.465 e. The first-order chi connectivity index (χ1) is 12.0. The zero-order valence-corrected chi connectivity index (χ0v) is 15.5. The SMILES string of the molecule is COC(=O)c1ccc(-c2ccc(Cl)cc2)c(-c2ccc(Cl)cc2Cl)c1. The second-order valence-electron chi connectivity index (χ2n) is 5.38. The third kappa shape index (κ3) is 3.82. The van der Waals surface area contributed by atoms with Gasteiger partial charge in [0, 0.05) is 20.6 Å². The molecule has 0 aliphatic carbocycles. The van der Waals surface area contributed by atoms with Crippen LogP contribution in [0.1, 0.15) is 10.4 Å². The van der Waals surface area contributed by atoms with Crippen molar-refractivity contribution in [1.82, 2.24) is 0 Å². The quantitative estimate of drug-likeness (QED) is 0.461. The molecule has 2 nitrogen and oxygen atoms in total. The van der Waals surface area contributed by atoms with Gasteiger partial charge in [-0.05, 0) is 53.1 Å². The molecule has 0 aliphatic rings. The Hall–Kier alpha value is -2.00. The molecule has 3 rings (SSSR count). The number of carbonyl (C=O) groups excluding carboxylic acids is 1. The van der Waals surface area contributed by atoms with Gasteiger partial charge >= 0.3 is 5.97 Å². The van der Waals surface area contributed by atoms with Crippen LogP contribution in [-0.2, 0) is 4.74 Å². The molecule has 0 saturated carbocycles. The number of rotatable bonds is 3. The van der Waals surface area contributed by atoms with E-state index in [1.54, 1.807) is 24.3 Å². The molecule has 0 amide bonds. The number of hydrogen-bond donors (Lipinski definition) is 0. The number of esters is 1. The Morgan fingerprint density at radius 1 is 0.760 bits per heavy atom. The fourth-order valence-electron chi connectivity index (χ4n) is 2.60.